The molecule has 1 unspecified atom stereocenters. The van der Waals surface area contributed by atoms with Crippen LogP contribution in [-0.2, 0) is 6.54 Å². The van der Waals surface area contributed by atoms with E-state index in [9.17, 15) is 0 Å². The summed E-state index contributed by atoms with van der Waals surface area (Å²) in [6, 6.07) is 10.3. The summed E-state index contributed by atoms with van der Waals surface area (Å²) >= 11 is 0. The van der Waals surface area contributed by atoms with Crippen molar-refractivity contribution in [2.75, 3.05) is 7.11 Å². The molecule has 1 N–H and O–H groups in total. The summed E-state index contributed by atoms with van der Waals surface area (Å²) in [5.74, 6) is 1.68. The maximum absolute atomic E-state index is 5.15. The van der Waals surface area contributed by atoms with Crippen molar-refractivity contribution < 1.29 is 4.74 Å². The second kappa shape index (κ2) is 6.29. The average molecular weight is 257 g/mol. The summed E-state index contributed by atoms with van der Waals surface area (Å²) in [6.07, 6.45) is 1.79. The van der Waals surface area contributed by atoms with Crippen LogP contribution in [0.1, 0.15) is 30.0 Å². The molecule has 0 saturated carbocycles. The van der Waals surface area contributed by atoms with Gasteiger partial charge in [0.1, 0.15) is 11.6 Å². The van der Waals surface area contributed by atoms with E-state index in [1.807, 2.05) is 25.1 Å². The van der Waals surface area contributed by atoms with Gasteiger partial charge in [-0.05, 0) is 37.6 Å². The Morgan fingerprint density at radius 2 is 1.95 bits per heavy atom. The molecule has 0 saturated heterocycles. The van der Waals surface area contributed by atoms with Crippen LogP contribution in [0.2, 0.25) is 0 Å². The minimum atomic E-state index is 0.265. The van der Waals surface area contributed by atoms with Crippen molar-refractivity contribution in [3.05, 3.63) is 53.6 Å². The number of hydrogen-bond donors (Lipinski definition) is 1. The predicted octanol–water partition coefficient (Wildman–Crippen LogP) is 2.64. The van der Waals surface area contributed by atoms with Crippen LogP contribution in [0.4, 0.5) is 0 Å². The molecule has 19 heavy (non-hydrogen) atoms. The van der Waals surface area contributed by atoms with Crippen LogP contribution in [0.25, 0.3) is 0 Å². The van der Waals surface area contributed by atoms with E-state index in [2.05, 4.69) is 34.3 Å². The second-order valence-corrected chi connectivity index (χ2v) is 4.47. The number of aryl methyl sites for hydroxylation is 1. The number of rotatable bonds is 5. The van der Waals surface area contributed by atoms with Gasteiger partial charge in [-0.1, -0.05) is 12.1 Å². The van der Waals surface area contributed by atoms with E-state index in [0.29, 0.717) is 0 Å². The van der Waals surface area contributed by atoms with Gasteiger partial charge in [0.05, 0.1) is 12.8 Å². The van der Waals surface area contributed by atoms with Gasteiger partial charge in [0.15, 0.2) is 0 Å². The van der Waals surface area contributed by atoms with E-state index in [-0.39, 0.29) is 6.04 Å². The van der Waals surface area contributed by atoms with Crippen LogP contribution in [0, 0.1) is 6.92 Å². The van der Waals surface area contributed by atoms with Gasteiger partial charge >= 0.3 is 0 Å². The Balaban J connectivity index is 1.95. The molecule has 1 heterocycles. The molecule has 0 aliphatic rings. The normalized spacial score (nSPS) is 12.2. The zero-order chi connectivity index (χ0) is 13.7. The molecule has 0 aliphatic carbocycles. The highest BCUT2D eigenvalue weighted by atomic mass is 16.5. The van der Waals surface area contributed by atoms with Crippen molar-refractivity contribution in [1.82, 2.24) is 15.3 Å². The van der Waals surface area contributed by atoms with Gasteiger partial charge in [-0.2, -0.15) is 0 Å². The van der Waals surface area contributed by atoms with Crippen molar-refractivity contribution in [3.63, 3.8) is 0 Å². The second-order valence-electron chi connectivity index (χ2n) is 4.47. The maximum atomic E-state index is 5.15. The summed E-state index contributed by atoms with van der Waals surface area (Å²) in [4.78, 5) is 8.46. The fourth-order valence-electron chi connectivity index (χ4n) is 1.87. The average Bonchev–Trinajstić information content (AvgIpc) is 2.45. The summed E-state index contributed by atoms with van der Waals surface area (Å²) in [5, 5.41) is 3.45. The number of hydrogen-bond acceptors (Lipinski definition) is 4. The van der Waals surface area contributed by atoms with Crippen LogP contribution in [0.3, 0.4) is 0 Å². The minimum absolute atomic E-state index is 0.265. The summed E-state index contributed by atoms with van der Waals surface area (Å²) in [5.41, 5.74) is 2.24. The largest absolute Gasteiger partial charge is 0.497 e. The zero-order valence-electron chi connectivity index (χ0n) is 11.6. The lowest BCUT2D eigenvalue weighted by atomic mass is 10.1. The van der Waals surface area contributed by atoms with Crippen LogP contribution in [-0.4, -0.2) is 17.1 Å². The number of methoxy groups -OCH3 is 1. The van der Waals surface area contributed by atoms with E-state index in [1.54, 1.807) is 13.3 Å². The third kappa shape index (κ3) is 3.76. The monoisotopic (exact) mass is 257 g/mol. The van der Waals surface area contributed by atoms with Crippen molar-refractivity contribution in [1.29, 1.82) is 0 Å². The summed E-state index contributed by atoms with van der Waals surface area (Å²) < 4.78 is 5.15. The van der Waals surface area contributed by atoms with E-state index in [4.69, 9.17) is 4.74 Å². The Morgan fingerprint density at radius 1 is 1.21 bits per heavy atom. The third-order valence-electron chi connectivity index (χ3n) is 3.04. The molecule has 2 rings (SSSR count). The molecular formula is C15H19N3O. The predicted molar refractivity (Wildman–Crippen MR) is 75.0 cm³/mol. The van der Waals surface area contributed by atoms with E-state index in [1.165, 1.54) is 5.56 Å². The van der Waals surface area contributed by atoms with Gasteiger partial charge in [0, 0.05) is 18.8 Å². The van der Waals surface area contributed by atoms with Gasteiger partial charge < -0.3 is 10.1 Å². The molecule has 0 amide bonds. The Labute approximate surface area is 113 Å². The van der Waals surface area contributed by atoms with E-state index < -0.39 is 0 Å². The highest BCUT2D eigenvalue weighted by molar-refractivity contribution is 5.28. The van der Waals surface area contributed by atoms with Crippen LogP contribution in [0.5, 0.6) is 5.75 Å². The number of ether oxygens (including phenoxy) is 1. The quantitative estimate of drug-likeness (QED) is 0.894. The Bertz CT molecular complexity index is 525. The Morgan fingerprint density at radius 3 is 2.58 bits per heavy atom. The Hall–Kier alpha value is -1.94. The van der Waals surface area contributed by atoms with Crippen molar-refractivity contribution in [3.8, 4) is 5.75 Å². The van der Waals surface area contributed by atoms with Gasteiger partial charge in [0.25, 0.3) is 0 Å². The van der Waals surface area contributed by atoms with Crippen LogP contribution >= 0.6 is 0 Å². The third-order valence-corrected chi connectivity index (χ3v) is 3.04. The summed E-state index contributed by atoms with van der Waals surface area (Å²) in [7, 11) is 1.67. The highest BCUT2D eigenvalue weighted by Gasteiger charge is 2.05. The Kier molecular flexibility index (Phi) is 4.47. The first-order valence-corrected chi connectivity index (χ1v) is 6.35. The molecule has 0 radical (unpaired) electrons. The fourth-order valence-corrected chi connectivity index (χ4v) is 1.87. The molecule has 1 aromatic carbocycles. The van der Waals surface area contributed by atoms with Crippen molar-refractivity contribution >= 4 is 0 Å². The molecule has 0 aliphatic heterocycles. The molecule has 0 spiro atoms. The first-order chi connectivity index (χ1) is 9.19. The number of benzene rings is 1. The molecule has 1 aromatic heterocycles. The number of aromatic nitrogens is 2. The number of nitrogens with one attached hydrogen (secondary N) is 1. The molecular weight excluding hydrogens is 238 g/mol. The first kappa shape index (κ1) is 13.5. The topological polar surface area (TPSA) is 47.0 Å². The lowest BCUT2D eigenvalue weighted by Gasteiger charge is -2.14. The van der Waals surface area contributed by atoms with Gasteiger partial charge in [-0.15, -0.1) is 0 Å². The molecule has 0 fully saturated rings. The van der Waals surface area contributed by atoms with E-state index in [0.717, 1.165) is 23.8 Å². The standard InChI is InChI=1S/C15H19N3O/c1-11(13-4-6-15(19-3)7-5-13)17-10-14-8-9-16-12(2)18-14/h4-9,11,17H,10H2,1-3H3. The minimum Gasteiger partial charge on any atom is -0.497 e. The smallest absolute Gasteiger partial charge is 0.125 e. The molecule has 4 heteroatoms. The SMILES string of the molecule is COc1ccc(C(C)NCc2ccnc(C)n2)cc1. The van der Waals surface area contributed by atoms with Crippen LogP contribution in [0.15, 0.2) is 36.5 Å². The molecule has 2 aromatic rings. The molecule has 1 atom stereocenters. The zero-order valence-corrected chi connectivity index (χ0v) is 11.6. The lowest BCUT2D eigenvalue weighted by molar-refractivity contribution is 0.414. The van der Waals surface area contributed by atoms with Crippen molar-refractivity contribution in [2.45, 2.75) is 26.4 Å². The maximum Gasteiger partial charge on any atom is 0.125 e. The fraction of sp³-hybridized carbons (Fsp3) is 0.333. The van der Waals surface area contributed by atoms with Gasteiger partial charge in [-0.3, -0.25) is 0 Å². The molecule has 100 valence electrons. The molecule has 0 bridgehead atoms. The van der Waals surface area contributed by atoms with E-state index >= 15 is 0 Å². The van der Waals surface area contributed by atoms with Gasteiger partial charge in [-0.25, -0.2) is 9.97 Å². The van der Waals surface area contributed by atoms with Crippen LogP contribution < -0.4 is 10.1 Å². The first-order valence-electron chi connectivity index (χ1n) is 6.35. The number of nitrogens with zero attached hydrogens (tertiary/aromatic N) is 2. The molecule has 4 nitrogen and oxygen atoms in total. The summed E-state index contributed by atoms with van der Waals surface area (Å²) in [6.45, 7) is 4.77. The van der Waals surface area contributed by atoms with Crippen molar-refractivity contribution in [2.24, 2.45) is 0 Å². The lowest BCUT2D eigenvalue weighted by Crippen LogP contribution is -2.19. The highest BCUT2D eigenvalue weighted by Crippen LogP contribution is 2.17. The van der Waals surface area contributed by atoms with Gasteiger partial charge in [0.2, 0.25) is 0 Å².